The van der Waals surface area contributed by atoms with Crippen LogP contribution in [0.2, 0.25) is 5.02 Å². The number of carbonyl (C=O) groups is 2. The van der Waals surface area contributed by atoms with Gasteiger partial charge in [0.15, 0.2) is 17.3 Å². The number of carbonyl (C=O) groups excluding carboxylic acids is 2. The molecular weight excluding hydrogens is 381 g/mol. The molecule has 0 aromatic heterocycles. The van der Waals surface area contributed by atoms with Gasteiger partial charge in [0, 0.05) is 35.7 Å². The van der Waals surface area contributed by atoms with Crippen LogP contribution in [0.5, 0.6) is 5.75 Å². The van der Waals surface area contributed by atoms with Gasteiger partial charge in [-0.3, -0.25) is 9.59 Å². The third-order valence-corrected chi connectivity index (χ3v) is 5.04. The van der Waals surface area contributed by atoms with E-state index in [-0.39, 0.29) is 23.4 Å². The van der Waals surface area contributed by atoms with Crippen LogP contribution in [0.4, 0.5) is 4.39 Å². The van der Waals surface area contributed by atoms with Gasteiger partial charge >= 0.3 is 0 Å². The van der Waals surface area contributed by atoms with Gasteiger partial charge in [-0.15, -0.1) is 0 Å². The summed E-state index contributed by atoms with van der Waals surface area (Å²) in [5.74, 6) is -1.12. The quantitative estimate of drug-likeness (QED) is 0.542. The van der Waals surface area contributed by atoms with Crippen LogP contribution < -0.4 is 4.74 Å². The first kappa shape index (κ1) is 20.1. The molecule has 146 valence electrons. The Morgan fingerprint density at radius 1 is 1.25 bits per heavy atom. The molecule has 3 rings (SSSR count). The smallest absolute Gasteiger partial charge is 0.246 e. The largest absolute Gasteiger partial charge is 0.494 e. The predicted molar refractivity (Wildman–Crippen MR) is 107 cm³/mol. The summed E-state index contributed by atoms with van der Waals surface area (Å²) in [6, 6.07) is 11.4. The SMILES string of the molecule is COc1ccc(C(=O)C2CCCN(C(=O)C=Cc3cccc(Cl)c3)C2)cc1F. The van der Waals surface area contributed by atoms with Crippen LogP contribution in [0.1, 0.15) is 28.8 Å². The van der Waals surface area contributed by atoms with E-state index < -0.39 is 5.82 Å². The molecule has 0 aliphatic carbocycles. The summed E-state index contributed by atoms with van der Waals surface area (Å²) in [5.41, 5.74) is 1.13. The maximum Gasteiger partial charge on any atom is 0.246 e. The lowest BCUT2D eigenvalue weighted by molar-refractivity contribution is -0.127. The highest BCUT2D eigenvalue weighted by Gasteiger charge is 2.28. The second-order valence-electron chi connectivity index (χ2n) is 6.73. The van der Waals surface area contributed by atoms with Gasteiger partial charge in [0.1, 0.15) is 0 Å². The van der Waals surface area contributed by atoms with E-state index in [1.807, 2.05) is 12.1 Å². The Hall–Kier alpha value is -2.66. The molecule has 28 heavy (non-hydrogen) atoms. The molecule has 1 aliphatic heterocycles. The highest BCUT2D eigenvalue weighted by Crippen LogP contribution is 2.24. The number of ether oxygens (including phenoxy) is 1. The van der Waals surface area contributed by atoms with Crippen molar-refractivity contribution in [2.24, 2.45) is 5.92 Å². The number of methoxy groups -OCH3 is 1. The molecule has 6 heteroatoms. The lowest BCUT2D eigenvalue weighted by atomic mass is 9.90. The third-order valence-electron chi connectivity index (χ3n) is 4.81. The maximum atomic E-state index is 13.9. The van der Waals surface area contributed by atoms with Crippen molar-refractivity contribution in [1.82, 2.24) is 4.90 Å². The van der Waals surface area contributed by atoms with Gasteiger partial charge < -0.3 is 9.64 Å². The molecule has 0 spiro atoms. The first-order valence-electron chi connectivity index (χ1n) is 9.08. The number of hydrogen-bond donors (Lipinski definition) is 0. The van der Waals surface area contributed by atoms with Crippen LogP contribution in [0.25, 0.3) is 6.08 Å². The van der Waals surface area contributed by atoms with Gasteiger partial charge in [-0.25, -0.2) is 4.39 Å². The average Bonchev–Trinajstić information content (AvgIpc) is 2.71. The van der Waals surface area contributed by atoms with Gasteiger partial charge in [0.2, 0.25) is 5.91 Å². The minimum atomic E-state index is -0.568. The Kier molecular flexibility index (Phi) is 6.47. The fourth-order valence-electron chi connectivity index (χ4n) is 3.33. The molecule has 1 aliphatic rings. The zero-order valence-corrected chi connectivity index (χ0v) is 16.3. The van der Waals surface area contributed by atoms with Crippen LogP contribution in [0.15, 0.2) is 48.5 Å². The number of piperidine rings is 1. The number of benzene rings is 2. The molecule has 0 N–H and O–H groups in total. The summed E-state index contributed by atoms with van der Waals surface area (Å²) in [4.78, 5) is 26.9. The minimum absolute atomic E-state index is 0.100. The standard InChI is InChI=1S/C22H21ClFNO3/c1-28-20-9-8-16(13-19(20)24)22(27)17-5-3-11-25(14-17)21(26)10-7-15-4-2-6-18(23)12-15/h2,4,6-10,12-13,17H,3,5,11,14H2,1H3. The average molecular weight is 402 g/mol. The monoisotopic (exact) mass is 401 g/mol. The fourth-order valence-corrected chi connectivity index (χ4v) is 3.53. The summed E-state index contributed by atoms with van der Waals surface area (Å²) in [6.07, 6.45) is 4.60. The zero-order valence-electron chi connectivity index (χ0n) is 15.5. The van der Waals surface area contributed by atoms with E-state index in [1.165, 1.54) is 25.3 Å². The van der Waals surface area contributed by atoms with Crippen molar-refractivity contribution in [3.8, 4) is 5.75 Å². The fraction of sp³-hybridized carbons (Fsp3) is 0.273. The van der Waals surface area contributed by atoms with Crippen molar-refractivity contribution in [3.05, 3.63) is 70.5 Å². The zero-order chi connectivity index (χ0) is 20.1. The number of likely N-dealkylation sites (tertiary alicyclic amines) is 1. The van der Waals surface area contributed by atoms with E-state index in [0.29, 0.717) is 30.1 Å². The Labute approximate surface area is 168 Å². The molecule has 0 bridgehead atoms. The van der Waals surface area contributed by atoms with Gasteiger partial charge in [-0.05, 0) is 54.8 Å². The first-order valence-corrected chi connectivity index (χ1v) is 9.46. The Morgan fingerprint density at radius 3 is 2.79 bits per heavy atom. The lowest BCUT2D eigenvalue weighted by Crippen LogP contribution is -2.41. The highest BCUT2D eigenvalue weighted by atomic mass is 35.5. The van der Waals surface area contributed by atoms with Crippen LogP contribution >= 0.6 is 11.6 Å². The highest BCUT2D eigenvalue weighted by molar-refractivity contribution is 6.30. The predicted octanol–water partition coefficient (Wildman–Crippen LogP) is 4.62. The molecule has 1 unspecified atom stereocenters. The van der Waals surface area contributed by atoms with E-state index in [9.17, 15) is 14.0 Å². The van der Waals surface area contributed by atoms with E-state index in [2.05, 4.69) is 0 Å². The van der Waals surface area contributed by atoms with Crippen LogP contribution in [0, 0.1) is 11.7 Å². The molecule has 1 fully saturated rings. The van der Waals surface area contributed by atoms with Crippen molar-refractivity contribution in [1.29, 1.82) is 0 Å². The minimum Gasteiger partial charge on any atom is -0.494 e. The molecular formula is C22H21ClFNO3. The number of hydrogen-bond acceptors (Lipinski definition) is 3. The second-order valence-corrected chi connectivity index (χ2v) is 7.16. The summed E-state index contributed by atoms with van der Waals surface area (Å²) in [6.45, 7) is 0.921. The number of rotatable bonds is 5. The molecule has 1 saturated heterocycles. The third kappa shape index (κ3) is 4.78. The molecule has 2 aromatic rings. The molecule has 0 saturated carbocycles. The van der Waals surface area contributed by atoms with Gasteiger partial charge in [-0.1, -0.05) is 23.7 Å². The Bertz CT molecular complexity index is 912. The van der Waals surface area contributed by atoms with Crippen molar-refractivity contribution in [2.45, 2.75) is 12.8 Å². The molecule has 1 atom stereocenters. The summed E-state index contributed by atoms with van der Waals surface area (Å²) in [5, 5.41) is 0.602. The van der Waals surface area contributed by atoms with E-state index in [0.717, 1.165) is 12.0 Å². The molecule has 4 nitrogen and oxygen atoms in total. The topological polar surface area (TPSA) is 46.6 Å². The van der Waals surface area contributed by atoms with E-state index in [1.54, 1.807) is 29.2 Å². The van der Waals surface area contributed by atoms with Crippen LogP contribution in [0.3, 0.4) is 0 Å². The van der Waals surface area contributed by atoms with Gasteiger partial charge in [0.25, 0.3) is 0 Å². The van der Waals surface area contributed by atoms with Crippen molar-refractivity contribution in [3.63, 3.8) is 0 Å². The van der Waals surface area contributed by atoms with Crippen molar-refractivity contribution >= 4 is 29.4 Å². The number of halogens is 2. The number of ketones is 1. The second kappa shape index (κ2) is 9.02. The Balaban J connectivity index is 1.67. The van der Waals surface area contributed by atoms with Gasteiger partial charge in [-0.2, -0.15) is 0 Å². The number of amides is 1. The lowest BCUT2D eigenvalue weighted by Gasteiger charge is -2.31. The molecule has 1 heterocycles. The van der Waals surface area contributed by atoms with Crippen molar-refractivity contribution < 1.29 is 18.7 Å². The molecule has 2 aromatic carbocycles. The van der Waals surface area contributed by atoms with Crippen molar-refractivity contribution in [2.75, 3.05) is 20.2 Å². The summed E-state index contributed by atoms with van der Waals surface area (Å²) in [7, 11) is 1.38. The summed E-state index contributed by atoms with van der Waals surface area (Å²) >= 11 is 5.95. The number of nitrogens with zero attached hydrogens (tertiary/aromatic N) is 1. The van der Waals surface area contributed by atoms with E-state index in [4.69, 9.17) is 16.3 Å². The Morgan fingerprint density at radius 2 is 2.07 bits per heavy atom. The summed E-state index contributed by atoms with van der Waals surface area (Å²) < 4.78 is 18.8. The normalized spacial score (nSPS) is 17.0. The van der Waals surface area contributed by atoms with Gasteiger partial charge in [0.05, 0.1) is 7.11 Å². The maximum absolute atomic E-state index is 13.9. The van der Waals surface area contributed by atoms with Crippen LogP contribution in [-0.2, 0) is 4.79 Å². The van der Waals surface area contributed by atoms with Crippen LogP contribution in [-0.4, -0.2) is 36.8 Å². The van der Waals surface area contributed by atoms with E-state index >= 15 is 0 Å². The number of Topliss-reactive ketones (excluding diaryl/α,β-unsaturated/α-hetero) is 1. The first-order chi connectivity index (χ1) is 13.5. The molecule has 0 radical (unpaired) electrons. The molecule has 1 amide bonds.